The summed E-state index contributed by atoms with van der Waals surface area (Å²) in [5.74, 6) is 0.328. The molecule has 0 unspecified atom stereocenters. The monoisotopic (exact) mass is 227 g/mol. The van der Waals surface area contributed by atoms with Gasteiger partial charge in [-0.05, 0) is 6.07 Å². The zero-order chi connectivity index (χ0) is 12.3. The molecule has 0 atom stereocenters. The summed E-state index contributed by atoms with van der Waals surface area (Å²) in [5.41, 5.74) is 1.82. The minimum Gasteiger partial charge on any atom is -0.284 e. The van der Waals surface area contributed by atoms with Gasteiger partial charge < -0.3 is 0 Å². The fourth-order valence-electron chi connectivity index (χ4n) is 1.42. The average molecular weight is 227 g/mol. The Morgan fingerprint density at radius 1 is 1.18 bits per heavy atom. The number of aromatic nitrogens is 2. The van der Waals surface area contributed by atoms with Crippen molar-refractivity contribution in [2.75, 3.05) is 11.9 Å². The van der Waals surface area contributed by atoms with Crippen molar-refractivity contribution in [2.45, 2.75) is 6.92 Å². The van der Waals surface area contributed by atoms with E-state index in [1.54, 1.807) is 13.2 Å². The maximum absolute atomic E-state index is 11.2. The van der Waals surface area contributed by atoms with Crippen LogP contribution in [0.5, 0.6) is 0 Å². The lowest BCUT2D eigenvalue weighted by Crippen LogP contribution is -2.25. The molecule has 0 aliphatic heterocycles. The minimum absolute atomic E-state index is 0.0878. The molecule has 86 valence electrons. The third-order valence-electron chi connectivity index (χ3n) is 2.48. The Hall–Kier alpha value is -2.23. The third kappa shape index (κ3) is 2.47. The molecule has 0 aliphatic carbocycles. The first-order chi connectivity index (χ1) is 8.18. The smallest absolute Gasteiger partial charge is 0.232 e. The standard InChI is InChI=1S/C13H13N3O/c1-10(17)16(2)13-14-9-8-12(15-13)11-6-4-3-5-7-11/h3-9H,1-2H3. The van der Waals surface area contributed by atoms with Crippen molar-refractivity contribution in [3.05, 3.63) is 42.6 Å². The highest BCUT2D eigenvalue weighted by atomic mass is 16.2. The molecule has 1 aromatic carbocycles. The molecule has 2 aromatic rings. The summed E-state index contributed by atoms with van der Waals surface area (Å²) in [6.45, 7) is 1.48. The Morgan fingerprint density at radius 2 is 1.88 bits per heavy atom. The van der Waals surface area contributed by atoms with Crippen LogP contribution in [0.25, 0.3) is 11.3 Å². The summed E-state index contributed by atoms with van der Waals surface area (Å²) in [5, 5.41) is 0. The van der Waals surface area contributed by atoms with Crippen LogP contribution in [0.1, 0.15) is 6.92 Å². The Labute approximate surface area is 99.9 Å². The quantitative estimate of drug-likeness (QED) is 0.789. The zero-order valence-corrected chi connectivity index (χ0v) is 9.79. The Kier molecular flexibility index (Phi) is 3.14. The second-order valence-corrected chi connectivity index (χ2v) is 3.69. The van der Waals surface area contributed by atoms with E-state index in [0.717, 1.165) is 11.3 Å². The number of rotatable bonds is 2. The Balaban J connectivity index is 2.39. The van der Waals surface area contributed by atoms with Crippen LogP contribution in [0.2, 0.25) is 0 Å². The van der Waals surface area contributed by atoms with Crippen LogP contribution in [0.15, 0.2) is 42.6 Å². The summed E-state index contributed by atoms with van der Waals surface area (Å²) in [6, 6.07) is 11.6. The molecule has 1 heterocycles. The van der Waals surface area contributed by atoms with Gasteiger partial charge >= 0.3 is 0 Å². The normalized spacial score (nSPS) is 10.0. The summed E-state index contributed by atoms with van der Waals surface area (Å²) >= 11 is 0. The molecular formula is C13H13N3O. The van der Waals surface area contributed by atoms with Gasteiger partial charge in [-0.15, -0.1) is 0 Å². The first kappa shape index (κ1) is 11.3. The van der Waals surface area contributed by atoms with Crippen molar-refractivity contribution in [1.82, 2.24) is 9.97 Å². The molecule has 0 radical (unpaired) electrons. The van der Waals surface area contributed by atoms with Crippen molar-refractivity contribution in [3.63, 3.8) is 0 Å². The second kappa shape index (κ2) is 4.74. The fourth-order valence-corrected chi connectivity index (χ4v) is 1.42. The van der Waals surface area contributed by atoms with Gasteiger partial charge in [0, 0.05) is 25.7 Å². The van der Waals surface area contributed by atoms with E-state index in [1.165, 1.54) is 11.8 Å². The van der Waals surface area contributed by atoms with Gasteiger partial charge in [-0.3, -0.25) is 9.69 Å². The molecule has 2 rings (SSSR count). The highest BCUT2D eigenvalue weighted by molar-refractivity contribution is 5.89. The van der Waals surface area contributed by atoms with E-state index in [2.05, 4.69) is 9.97 Å². The van der Waals surface area contributed by atoms with Crippen LogP contribution in [0.3, 0.4) is 0 Å². The predicted molar refractivity (Wildman–Crippen MR) is 66.6 cm³/mol. The lowest BCUT2D eigenvalue weighted by atomic mass is 10.1. The molecule has 0 saturated heterocycles. The molecule has 1 aromatic heterocycles. The first-order valence-corrected chi connectivity index (χ1v) is 5.31. The largest absolute Gasteiger partial charge is 0.284 e. The van der Waals surface area contributed by atoms with E-state index in [9.17, 15) is 4.79 Å². The fraction of sp³-hybridized carbons (Fsp3) is 0.154. The van der Waals surface area contributed by atoms with Gasteiger partial charge in [-0.25, -0.2) is 9.97 Å². The van der Waals surface area contributed by atoms with E-state index in [1.807, 2.05) is 36.4 Å². The number of hydrogen-bond acceptors (Lipinski definition) is 3. The summed E-state index contributed by atoms with van der Waals surface area (Å²) in [4.78, 5) is 21.1. The van der Waals surface area contributed by atoms with E-state index in [0.29, 0.717) is 5.95 Å². The highest BCUT2D eigenvalue weighted by Gasteiger charge is 2.09. The molecule has 0 fully saturated rings. The number of carbonyl (C=O) groups is 1. The van der Waals surface area contributed by atoms with Crippen LogP contribution in [-0.2, 0) is 4.79 Å². The molecule has 4 heteroatoms. The lowest BCUT2D eigenvalue weighted by molar-refractivity contribution is -0.116. The van der Waals surface area contributed by atoms with Gasteiger partial charge in [-0.2, -0.15) is 0 Å². The number of carbonyl (C=O) groups excluding carboxylic acids is 1. The van der Waals surface area contributed by atoms with E-state index < -0.39 is 0 Å². The lowest BCUT2D eigenvalue weighted by Gasteiger charge is -2.12. The number of amides is 1. The molecule has 17 heavy (non-hydrogen) atoms. The SMILES string of the molecule is CC(=O)N(C)c1nccc(-c2ccccc2)n1. The van der Waals surface area contributed by atoms with Crippen LogP contribution < -0.4 is 4.90 Å². The van der Waals surface area contributed by atoms with Crippen molar-refractivity contribution >= 4 is 11.9 Å². The number of nitrogens with zero attached hydrogens (tertiary/aromatic N) is 3. The first-order valence-electron chi connectivity index (χ1n) is 5.31. The second-order valence-electron chi connectivity index (χ2n) is 3.69. The van der Waals surface area contributed by atoms with Crippen molar-refractivity contribution in [1.29, 1.82) is 0 Å². The number of anilines is 1. The maximum atomic E-state index is 11.2. The molecule has 0 saturated carbocycles. The van der Waals surface area contributed by atoms with Crippen LogP contribution in [0.4, 0.5) is 5.95 Å². The predicted octanol–water partition coefficient (Wildman–Crippen LogP) is 2.13. The van der Waals surface area contributed by atoms with Crippen molar-refractivity contribution in [2.24, 2.45) is 0 Å². The molecule has 0 N–H and O–H groups in total. The van der Waals surface area contributed by atoms with Gasteiger partial charge in [0.25, 0.3) is 0 Å². The summed E-state index contributed by atoms with van der Waals surface area (Å²) in [6.07, 6.45) is 1.66. The number of benzene rings is 1. The van der Waals surface area contributed by atoms with Gasteiger partial charge in [0.05, 0.1) is 5.69 Å². The zero-order valence-electron chi connectivity index (χ0n) is 9.79. The maximum Gasteiger partial charge on any atom is 0.232 e. The van der Waals surface area contributed by atoms with Gasteiger partial charge in [-0.1, -0.05) is 30.3 Å². The third-order valence-corrected chi connectivity index (χ3v) is 2.48. The minimum atomic E-state index is -0.0878. The summed E-state index contributed by atoms with van der Waals surface area (Å²) in [7, 11) is 1.66. The van der Waals surface area contributed by atoms with E-state index >= 15 is 0 Å². The van der Waals surface area contributed by atoms with Gasteiger partial charge in [0.15, 0.2) is 0 Å². The molecule has 4 nitrogen and oxygen atoms in total. The van der Waals surface area contributed by atoms with Crippen LogP contribution >= 0.6 is 0 Å². The molecule has 0 aliphatic rings. The van der Waals surface area contributed by atoms with Crippen LogP contribution in [-0.4, -0.2) is 22.9 Å². The van der Waals surface area contributed by atoms with Crippen LogP contribution in [0, 0.1) is 0 Å². The van der Waals surface area contributed by atoms with Crippen molar-refractivity contribution in [3.8, 4) is 11.3 Å². The molecule has 0 spiro atoms. The van der Waals surface area contributed by atoms with Gasteiger partial charge in [0.2, 0.25) is 11.9 Å². The summed E-state index contributed by atoms with van der Waals surface area (Å²) < 4.78 is 0. The van der Waals surface area contributed by atoms with E-state index in [-0.39, 0.29) is 5.91 Å². The Morgan fingerprint density at radius 3 is 2.53 bits per heavy atom. The average Bonchev–Trinajstić information content (AvgIpc) is 2.39. The molecule has 0 bridgehead atoms. The van der Waals surface area contributed by atoms with E-state index in [4.69, 9.17) is 0 Å². The van der Waals surface area contributed by atoms with Crippen molar-refractivity contribution < 1.29 is 4.79 Å². The molecular weight excluding hydrogens is 214 g/mol. The Bertz CT molecular complexity index is 525. The topological polar surface area (TPSA) is 46.1 Å². The number of hydrogen-bond donors (Lipinski definition) is 0. The highest BCUT2D eigenvalue weighted by Crippen LogP contribution is 2.17. The van der Waals surface area contributed by atoms with Gasteiger partial charge in [0.1, 0.15) is 0 Å². The molecule has 1 amide bonds.